The molecule has 0 aromatic heterocycles. The van der Waals surface area contributed by atoms with Gasteiger partial charge in [0.1, 0.15) is 5.75 Å². The molecule has 0 amide bonds. The van der Waals surface area contributed by atoms with Crippen molar-refractivity contribution in [3.8, 4) is 5.75 Å². The van der Waals surface area contributed by atoms with E-state index < -0.39 is 4.92 Å². The predicted molar refractivity (Wildman–Crippen MR) is 58.9 cm³/mol. The predicted octanol–water partition coefficient (Wildman–Crippen LogP) is 2.58. The lowest BCUT2D eigenvalue weighted by atomic mass is 10.1. The number of non-ortho nitro benzene ring substituents is 1. The first-order chi connectivity index (χ1) is 7.40. The zero-order valence-electron chi connectivity index (χ0n) is 9.39. The molecule has 0 aliphatic heterocycles. The Balaban J connectivity index is 3.18. The molecule has 86 valence electrons. The number of nitrogens with zero attached hydrogens (tertiary/aromatic N) is 1. The van der Waals surface area contributed by atoms with E-state index in [0.717, 1.165) is 0 Å². The molecule has 0 saturated carbocycles. The minimum atomic E-state index is -0.542. The van der Waals surface area contributed by atoms with Crippen molar-refractivity contribution in [1.29, 1.82) is 0 Å². The van der Waals surface area contributed by atoms with Crippen molar-refractivity contribution in [1.82, 2.24) is 0 Å². The van der Waals surface area contributed by atoms with Crippen LogP contribution in [0, 0.1) is 10.1 Å². The van der Waals surface area contributed by atoms with E-state index in [1.54, 1.807) is 0 Å². The van der Waals surface area contributed by atoms with Crippen LogP contribution < -0.4 is 4.74 Å². The van der Waals surface area contributed by atoms with Crippen molar-refractivity contribution < 1.29 is 14.5 Å². The van der Waals surface area contributed by atoms with Gasteiger partial charge in [0.15, 0.2) is 5.78 Å². The van der Waals surface area contributed by atoms with Gasteiger partial charge in [-0.05, 0) is 26.8 Å². The van der Waals surface area contributed by atoms with Crippen molar-refractivity contribution in [3.05, 3.63) is 33.9 Å². The number of ether oxygens (including phenoxy) is 1. The fourth-order valence-electron chi connectivity index (χ4n) is 1.23. The molecule has 0 unspecified atom stereocenters. The molecule has 5 heteroatoms. The Labute approximate surface area is 93.2 Å². The molecule has 0 spiro atoms. The maximum absolute atomic E-state index is 11.2. The highest BCUT2D eigenvalue weighted by Crippen LogP contribution is 2.23. The van der Waals surface area contributed by atoms with Crippen LogP contribution in [0.4, 0.5) is 5.69 Å². The van der Waals surface area contributed by atoms with Gasteiger partial charge in [-0.25, -0.2) is 0 Å². The van der Waals surface area contributed by atoms with E-state index in [4.69, 9.17) is 4.74 Å². The van der Waals surface area contributed by atoms with Crippen LogP contribution in [0.1, 0.15) is 31.1 Å². The molecule has 0 aliphatic rings. The van der Waals surface area contributed by atoms with Crippen LogP contribution in [0.15, 0.2) is 18.2 Å². The third-order valence-electron chi connectivity index (χ3n) is 1.88. The lowest BCUT2D eigenvalue weighted by Gasteiger charge is -2.10. The number of hydrogen-bond acceptors (Lipinski definition) is 4. The topological polar surface area (TPSA) is 69.4 Å². The molecule has 0 saturated heterocycles. The van der Waals surface area contributed by atoms with Gasteiger partial charge in [0, 0.05) is 11.6 Å². The van der Waals surface area contributed by atoms with Gasteiger partial charge in [-0.2, -0.15) is 0 Å². The van der Waals surface area contributed by atoms with Gasteiger partial charge in [0.2, 0.25) is 0 Å². The summed E-state index contributed by atoms with van der Waals surface area (Å²) < 4.78 is 5.34. The minimum absolute atomic E-state index is 0.0955. The maximum Gasteiger partial charge on any atom is 0.273 e. The Hall–Kier alpha value is -1.91. The highest BCUT2D eigenvalue weighted by Gasteiger charge is 2.13. The van der Waals surface area contributed by atoms with Gasteiger partial charge >= 0.3 is 0 Å². The number of hydrogen-bond donors (Lipinski definition) is 0. The number of rotatable bonds is 4. The molecular formula is C11H13NO4. The number of Topliss-reactive ketones (excluding diaryl/α,β-unsaturated/α-hetero) is 1. The summed E-state index contributed by atoms with van der Waals surface area (Å²) in [6.07, 6.45) is -0.0955. The summed E-state index contributed by atoms with van der Waals surface area (Å²) >= 11 is 0. The van der Waals surface area contributed by atoms with E-state index in [1.165, 1.54) is 25.1 Å². The van der Waals surface area contributed by atoms with Crippen molar-refractivity contribution in [3.63, 3.8) is 0 Å². The summed E-state index contributed by atoms with van der Waals surface area (Å²) in [7, 11) is 0. The molecule has 0 N–H and O–H groups in total. The molecule has 16 heavy (non-hydrogen) atoms. The lowest BCUT2D eigenvalue weighted by Crippen LogP contribution is -2.07. The van der Waals surface area contributed by atoms with Gasteiger partial charge < -0.3 is 4.74 Å². The van der Waals surface area contributed by atoms with E-state index in [9.17, 15) is 14.9 Å². The molecule has 1 aromatic rings. The van der Waals surface area contributed by atoms with E-state index in [2.05, 4.69) is 0 Å². The Kier molecular flexibility index (Phi) is 3.60. The van der Waals surface area contributed by atoms with Gasteiger partial charge in [-0.3, -0.25) is 14.9 Å². The van der Waals surface area contributed by atoms with E-state index >= 15 is 0 Å². The quantitative estimate of drug-likeness (QED) is 0.447. The van der Waals surface area contributed by atoms with E-state index in [-0.39, 0.29) is 23.1 Å². The van der Waals surface area contributed by atoms with E-state index in [1.807, 2.05) is 13.8 Å². The molecule has 0 atom stereocenters. The summed E-state index contributed by atoms with van der Waals surface area (Å²) in [5, 5.41) is 10.7. The first kappa shape index (κ1) is 12.2. The van der Waals surface area contributed by atoms with Crippen LogP contribution in [0.5, 0.6) is 5.75 Å². The average Bonchev–Trinajstić information content (AvgIpc) is 2.15. The maximum atomic E-state index is 11.2. The summed E-state index contributed by atoms with van der Waals surface area (Å²) in [6, 6.07) is 4.07. The zero-order valence-corrected chi connectivity index (χ0v) is 9.39. The Morgan fingerprint density at radius 2 is 2.00 bits per heavy atom. The van der Waals surface area contributed by atoms with E-state index in [0.29, 0.717) is 5.75 Å². The second kappa shape index (κ2) is 4.74. The number of nitro benzene ring substituents is 1. The summed E-state index contributed by atoms with van der Waals surface area (Å²) in [5.41, 5.74) is 0.146. The number of carbonyl (C=O) groups excluding carboxylic acids is 1. The number of ketones is 1. The third kappa shape index (κ3) is 3.05. The molecule has 0 radical (unpaired) electrons. The fraction of sp³-hybridized carbons (Fsp3) is 0.364. The molecule has 0 aliphatic carbocycles. The van der Waals surface area contributed by atoms with Gasteiger partial charge in [0.05, 0.1) is 17.1 Å². The molecular weight excluding hydrogens is 210 g/mol. The SMILES string of the molecule is CC(=O)c1cc(OC(C)C)cc([N+](=O)[O-])c1. The lowest BCUT2D eigenvalue weighted by molar-refractivity contribution is -0.385. The first-order valence-corrected chi connectivity index (χ1v) is 4.87. The van der Waals surface area contributed by atoms with Crippen LogP contribution in [0.25, 0.3) is 0 Å². The van der Waals surface area contributed by atoms with Crippen LogP contribution in [0.2, 0.25) is 0 Å². The van der Waals surface area contributed by atoms with Crippen molar-refractivity contribution in [2.24, 2.45) is 0 Å². The van der Waals surface area contributed by atoms with Crippen molar-refractivity contribution in [2.45, 2.75) is 26.9 Å². The van der Waals surface area contributed by atoms with Crippen molar-refractivity contribution in [2.75, 3.05) is 0 Å². The number of benzene rings is 1. The minimum Gasteiger partial charge on any atom is -0.491 e. The normalized spacial score (nSPS) is 10.2. The standard InChI is InChI=1S/C11H13NO4/c1-7(2)16-11-5-9(8(3)13)4-10(6-11)12(14)15/h4-7H,1-3H3. The number of carbonyl (C=O) groups is 1. The third-order valence-corrected chi connectivity index (χ3v) is 1.88. The molecule has 1 rings (SSSR count). The second-order valence-electron chi connectivity index (χ2n) is 3.70. The smallest absolute Gasteiger partial charge is 0.273 e. The Morgan fingerprint density at radius 3 is 2.44 bits per heavy atom. The van der Waals surface area contributed by atoms with Gasteiger partial charge in [-0.1, -0.05) is 0 Å². The fourth-order valence-corrected chi connectivity index (χ4v) is 1.23. The summed E-state index contributed by atoms with van der Waals surface area (Å²) in [6.45, 7) is 4.98. The first-order valence-electron chi connectivity index (χ1n) is 4.87. The molecule has 0 fully saturated rings. The molecule has 5 nitrogen and oxygen atoms in total. The van der Waals surface area contributed by atoms with Gasteiger partial charge in [-0.15, -0.1) is 0 Å². The van der Waals surface area contributed by atoms with Crippen LogP contribution in [0.3, 0.4) is 0 Å². The van der Waals surface area contributed by atoms with Crippen molar-refractivity contribution >= 4 is 11.5 Å². The average molecular weight is 223 g/mol. The highest BCUT2D eigenvalue weighted by molar-refractivity contribution is 5.95. The van der Waals surface area contributed by atoms with Gasteiger partial charge in [0.25, 0.3) is 5.69 Å². The summed E-state index contributed by atoms with van der Waals surface area (Å²) in [5.74, 6) is 0.117. The van der Waals surface area contributed by atoms with Crippen LogP contribution in [-0.4, -0.2) is 16.8 Å². The molecule has 0 bridgehead atoms. The zero-order chi connectivity index (χ0) is 12.3. The largest absolute Gasteiger partial charge is 0.491 e. The Bertz CT molecular complexity index is 394. The molecule has 1 aromatic carbocycles. The van der Waals surface area contributed by atoms with Crippen LogP contribution >= 0.6 is 0 Å². The highest BCUT2D eigenvalue weighted by atomic mass is 16.6. The second-order valence-corrected chi connectivity index (χ2v) is 3.70. The summed E-state index contributed by atoms with van der Waals surface area (Å²) in [4.78, 5) is 21.3. The number of nitro groups is 1. The Morgan fingerprint density at radius 1 is 1.38 bits per heavy atom. The monoisotopic (exact) mass is 223 g/mol. The molecule has 0 heterocycles. The van der Waals surface area contributed by atoms with Crippen LogP contribution in [-0.2, 0) is 0 Å².